The number of anilines is 1. The average Bonchev–Trinajstić information content (AvgIpc) is 3.20. The lowest BCUT2D eigenvalue weighted by Gasteiger charge is -2.34. The first-order valence-corrected chi connectivity index (χ1v) is 10.7. The minimum atomic E-state index is -0.400. The highest BCUT2D eigenvalue weighted by Gasteiger charge is 2.27. The molecule has 2 aromatic rings. The van der Waals surface area contributed by atoms with Gasteiger partial charge in [-0.25, -0.2) is 0 Å². The number of aryl methyl sites for hydroxylation is 1. The molecule has 174 valence electrons. The van der Waals surface area contributed by atoms with E-state index in [9.17, 15) is 9.59 Å². The largest absolute Gasteiger partial charge is 0.491 e. The minimum absolute atomic E-state index is 0.0909. The van der Waals surface area contributed by atoms with E-state index in [1.165, 1.54) is 0 Å². The van der Waals surface area contributed by atoms with Gasteiger partial charge in [-0.3, -0.25) is 14.5 Å². The molecule has 0 radical (unpaired) electrons. The molecular formula is C23H32N4O5. The van der Waals surface area contributed by atoms with Crippen LogP contribution in [-0.4, -0.2) is 79.8 Å². The van der Waals surface area contributed by atoms with E-state index >= 15 is 0 Å². The molecule has 0 saturated heterocycles. The Labute approximate surface area is 188 Å². The maximum Gasteiger partial charge on any atom is 0.277 e. The molecule has 1 N–H and O–H groups in total. The number of aromatic nitrogens is 1. The van der Waals surface area contributed by atoms with Gasteiger partial charge in [0, 0.05) is 51.1 Å². The van der Waals surface area contributed by atoms with Gasteiger partial charge < -0.3 is 24.2 Å². The van der Waals surface area contributed by atoms with Crippen molar-refractivity contribution >= 4 is 17.5 Å². The maximum atomic E-state index is 13.2. The highest BCUT2D eigenvalue weighted by molar-refractivity contribution is 6.03. The van der Waals surface area contributed by atoms with Gasteiger partial charge in [-0.1, -0.05) is 12.1 Å². The van der Waals surface area contributed by atoms with Crippen LogP contribution in [0.3, 0.4) is 0 Å². The van der Waals surface area contributed by atoms with E-state index in [0.29, 0.717) is 35.9 Å². The summed E-state index contributed by atoms with van der Waals surface area (Å²) in [5.41, 5.74) is 1.11. The van der Waals surface area contributed by atoms with Crippen LogP contribution in [0.5, 0.6) is 5.75 Å². The number of nitrogens with zero attached hydrogens (tertiary/aromatic N) is 3. The lowest BCUT2D eigenvalue weighted by atomic mass is 10.0. The van der Waals surface area contributed by atoms with E-state index in [4.69, 9.17) is 14.0 Å². The summed E-state index contributed by atoms with van der Waals surface area (Å²) >= 11 is 0. The number of ether oxygens (including phenoxy) is 2. The molecule has 1 aliphatic rings. The number of methoxy groups -OCH3 is 1. The third-order valence-electron chi connectivity index (χ3n) is 5.88. The van der Waals surface area contributed by atoms with Gasteiger partial charge >= 0.3 is 0 Å². The van der Waals surface area contributed by atoms with Crippen molar-refractivity contribution in [2.24, 2.45) is 5.92 Å². The molecule has 0 bridgehead atoms. The summed E-state index contributed by atoms with van der Waals surface area (Å²) < 4.78 is 16.7. The van der Waals surface area contributed by atoms with Crippen LogP contribution in [0.15, 0.2) is 28.8 Å². The molecule has 9 nitrogen and oxygen atoms in total. The molecule has 0 saturated carbocycles. The van der Waals surface area contributed by atoms with Gasteiger partial charge in [0.2, 0.25) is 0 Å². The van der Waals surface area contributed by atoms with Gasteiger partial charge in [0.15, 0.2) is 5.69 Å². The quantitative estimate of drug-likeness (QED) is 0.777. The third-order valence-corrected chi connectivity index (χ3v) is 5.88. The maximum absolute atomic E-state index is 13.2. The van der Waals surface area contributed by atoms with Gasteiger partial charge in [0.05, 0.1) is 11.7 Å². The molecule has 0 spiro atoms. The molecule has 9 heteroatoms. The number of nitrogens with one attached hydrogen (secondary N) is 1. The zero-order valence-electron chi connectivity index (χ0n) is 19.5. The lowest BCUT2D eigenvalue weighted by molar-refractivity contribution is 0.0150. The van der Waals surface area contributed by atoms with Gasteiger partial charge in [0.25, 0.3) is 11.8 Å². The lowest BCUT2D eigenvalue weighted by Crippen LogP contribution is -2.45. The van der Waals surface area contributed by atoms with Crippen molar-refractivity contribution in [3.05, 3.63) is 41.3 Å². The third kappa shape index (κ3) is 5.46. The Kier molecular flexibility index (Phi) is 7.52. The molecule has 2 amide bonds. The van der Waals surface area contributed by atoms with Crippen LogP contribution in [0.25, 0.3) is 0 Å². The van der Waals surface area contributed by atoms with E-state index in [1.54, 1.807) is 50.2 Å². The standard InChI is InChI=1S/C23H32N4O5/c1-14-11-26(4)15(2)13-31-20-10-17(24-22(28)19-9-16(3)32-25-19)7-8-18(20)23(29)27(5)12-21(14)30-6/h7-10,14-15,21H,11-13H2,1-6H3,(H,24,28)/t14-,15-,21-/m0/s1. The van der Waals surface area contributed by atoms with Crippen LogP contribution >= 0.6 is 0 Å². The Morgan fingerprint density at radius 3 is 2.62 bits per heavy atom. The van der Waals surface area contributed by atoms with E-state index in [1.807, 2.05) is 0 Å². The molecule has 0 unspecified atom stereocenters. The first-order valence-electron chi connectivity index (χ1n) is 10.7. The van der Waals surface area contributed by atoms with Crippen LogP contribution in [0.4, 0.5) is 5.69 Å². The number of carbonyl (C=O) groups excluding carboxylic acids is 2. The molecule has 1 aromatic heterocycles. The molecule has 1 aromatic carbocycles. The highest BCUT2D eigenvalue weighted by atomic mass is 16.5. The van der Waals surface area contributed by atoms with Crippen molar-refractivity contribution in [2.45, 2.75) is 32.9 Å². The predicted molar refractivity (Wildman–Crippen MR) is 120 cm³/mol. The number of fused-ring (bicyclic) bond motifs is 1. The number of hydrogen-bond acceptors (Lipinski definition) is 7. The van der Waals surface area contributed by atoms with E-state index in [-0.39, 0.29) is 29.7 Å². The molecule has 3 atom stereocenters. The fourth-order valence-electron chi connectivity index (χ4n) is 3.70. The van der Waals surface area contributed by atoms with Crippen LogP contribution in [0, 0.1) is 12.8 Å². The van der Waals surface area contributed by atoms with E-state index < -0.39 is 5.91 Å². The van der Waals surface area contributed by atoms with Crippen LogP contribution < -0.4 is 10.1 Å². The second kappa shape index (κ2) is 10.1. The Hall–Kier alpha value is -2.91. The molecule has 2 heterocycles. The number of hydrogen-bond donors (Lipinski definition) is 1. The van der Waals surface area contributed by atoms with Crippen molar-refractivity contribution in [3.63, 3.8) is 0 Å². The highest BCUT2D eigenvalue weighted by Crippen LogP contribution is 2.27. The van der Waals surface area contributed by atoms with Gasteiger partial charge in [-0.2, -0.15) is 0 Å². The topological polar surface area (TPSA) is 97.1 Å². The van der Waals surface area contributed by atoms with E-state index in [0.717, 1.165) is 6.54 Å². The first-order chi connectivity index (χ1) is 15.2. The fraction of sp³-hybridized carbons (Fsp3) is 0.522. The Morgan fingerprint density at radius 1 is 1.22 bits per heavy atom. The number of benzene rings is 1. The molecular weight excluding hydrogens is 412 g/mol. The Bertz CT molecular complexity index is 960. The van der Waals surface area contributed by atoms with Crippen molar-refractivity contribution in [1.82, 2.24) is 15.0 Å². The summed E-state index contributed by atoms with van der Waals surface area (Å²) in [7, 11) is 5.48. The smallest absolute Gasteiger partial charge is 0.277 e. The molecule has 0 fully saturated rings. The van der Waals surface area contributed by atoms with Crippen molar-refractivity contribution in [1.29, 1.82) is 0 Å². The second-order valence-corrected chi connectivity index (χ2v) is 8.52. The summed E-state index contributed by atoms with van der Waals surface area (Å²) in [6, 6.07) is 6.69. The zero-order valence-corrected chi connectivity index (χ0v) is 19.5. The summed E-state index contributed by atoms with van der Waals surface area (Å²) in [4.78, 5) is 29.5. The van der Waals surface area contributed by atoms with Gasteiger partial charge in [-0.05, 0) is 38.9 Å². The Morgan fingerprint density at radius 2 is 1.97 bits per heavy atom. The van der Waals surface area contributed by atoms with Crippen molar-refractivity contribution in [3.8, 4) is 5.75 Å². The van der Waals surface area contributed by atoms with Gasteiger partial charge in [-0.15, -0.1) is 0 Å². The average molecular weight is 445 g/mol. The van der Waals surface area contributed by atoms with Crippen molar-refractivity contribution in [2.75, 3.05) is 46.2 Å². The monoisotopic (exact) mass is 444 g/mol. The number of amides is 2. The first kappa shape index (κ1) is 23.7. The summed E-state index contributed by atoms with van der Waals surface area (Å²) in [6.07, 6.45) is -0.0909. The Balaban J connectivity index is 1.89. The van der Waals surface area contributed by atoms with Crippen LogP contribution in [0.1, 0.15) is 40.5 Å². The zero-order chi connectivity index (χ0) is 23.4. The minimum Gasteiger partial charge on any atom is -0.491 e. The van der Waals surface area contributed by atoms with Crippen molar-refractivity contribution < 1.29 is 23.6 Å². The summed E-state index contributed by atoms with van der Waals surface area (Å²) in [6.45, 7) is 7.58. The van der Waals surface area contributed by atoms with Gasteiger partial charge in [0.1, 0.15) is 18.1 Å². The second-order valence-electron chi connectivity index (χ2n) is 8.52. The number of likely N-dealkylation sites (N-methyl/N-ethyl adjacent to an activating group) is 2. The van der Waals surface area contributed by atoms with E-state index in [2.05, 4.69) is 36.3 Å². The predicted octanol–water partition coefficient (Wildman–Crippen LogP) is 2.67. The molecule has 32 heavy (non-hydrogen) atoms. The fourth-order valence-corrected chi connectivity index (χ4v) is 3.70. The molecule has 0 aliphatic carbocycles. The molecule has 3 rings (SSSR count). The normalized spacial score (nSPS) is 23.0. The molecule has 1 aliphatic heterocycles. The SMILES string of the molecule is CO[C@H]1CN(C)C(=O)c2ccc(NC(=O)c3cc(C)on3)cc2OC[C@H](C)N(C)C[C@@H]1C. The van der Waals surface area contributed by atoms with Crippen LogP contribution in [0.2, 0.25) is 0 Å². The van der Waals surface area contributed by atoms with Crippen LogP contribution in [-0.2, 0) is 4.74 Å². The number of carbonyl (C=O) groups is 2. The number of rotatable bonds is 3. The summed E-state index contributed by atoms with van der Waals surface area (Å²) in [5.74, 6) is 0.633. The summed E-state index contributed by atoms with van der Waals surface area (Å²) in [5, 5.41) is 6.51.